The lowest BCUT2D eigenvalue weighted by molar-refractivity contribution is -0.484. The summed E-state index contributed by atoms with van der Waals surface area (Å²) in [4.78, 5) is 91.9. The second kappa shape index (κ2) is 17.0. The quantitative estimate of drug-likeness (QED) is 0.0409. The van der Waals surface area contributed by atoms with Crippen LogP contribution in [-0.4, -0.2) is 126 Å². The molecule has 19 heteroatoms. The zero-order chi connectivity index (χ0) is 57.3. The summed E-state index contributed by atoms with van der Waals surface area (Å²) in [6, 6.07) is 14.3. The van der Waals surface area contributed by atoms with Crippen molar-refractivity contribution >= 4 is 128 Å². The van der Waals surface area contributed by atoms with Gasteiger partial charge in [0.25, 0.3) is 0 Å². The Morgan fingerprint density at radius 1 is 0.458 bits per heavy atom. The number of carbonyl (C=O) groups is 7. The summed E-state index contributed by atoms with van der Waals surface area (Å²) in [5.74, 6) is -9.65. The molecule has 9 aromatic rings. The molecule has 5 aliphatic heterocycles. The van der Waals surface area contributed by atoms with Crippen molar-refractivity contribution in [2.45, 2.75) is 166 Å². The molecule has 0 radical (unpaired) electrons. The lowest BCUT2D eigenvalue weighted by Crippen LogP contribution is -2.84. The van der Waals surface area contributed by atoms with Crippen LogP contribution in [0.3, 0.4) is 0 Å². The van der Waals surface area contributed by atoms with Gasteiger partial charge < -0.3 is 56.7 Å². The zero-order valence-electron chi connectivity index (χ0n) is 46.7. The number of hydrogen-bond acceptors (Lipinski definition) is 18. The van der Waals surface area contributed by atoms with E-state index in [1.807, 2.05) is 0 Å². The molecule has 5 unspecified atom stereocenters. The standard InChI is InChI=1S/C64H57NO18/c1-26(66)73-24-41-61(80-32(7)72)12-15-64(82-41,60(79-31(6)71)57(61)76-28(3)68)83-62-13-14-63(81-42(62)25-74-27(2)67,59(78-30(5)70)58(62)77-29(4)69)75-17-16-65-55-35-10-11-36-21-40-23-38-19-34-9-8-33-18-37-22-39(20-35)47-45(37)49-43(33)44(34)50-46(38)48(40)54(56(36)65)52(51(49)50)53(47)55/h8-9,18-21,41-42,57-60H,10-17,22-25H2,1-7H3/t41-,42-,57?,58?,59-,60-,61?,62?,63?,64-/m0/s1. The Bertz CT molecular complexity index is 4260. The normalized spacial score (nSPS) is 29.0. The molecule has 0 N–H and O–H groups in total. The Morgan fingerprint density at radius 2 is 0.880 bits per heavy atom. The molecule has 8 aromatic carbocycles. The summed E-state index contributed by atoms with van der Waals surface area (Å²) in [5, 5.41) is 18.6. The van der Waals surface area contributed by atoms with Gasteiger partial charge in [0, 0.05) is 89.4 Å². The smallest absolute Gasteiger partial charge is 0.303 e. The van der Waals surface area contributed by atoms with Crippen LogP contribution >= 0.6 is 0 Å². The summed E-state index contributed by atoms with van der Waals surface area (Å²) in [7, 11) is 0. The summed E-state index contributed by atoms with van der Waals surface area (Å²) in [5.41, 5.74) is 6.30. The van der Waals surface area contributed by atoms with Gasteiger partial charge >= 0.3 is 41.8 Å². The molecule has 0 amide bonds. The number of rotatable bonds is 15. The third kappa shape index (κ3) is 6.61. The van der Waals surface area contributed by atoms with Crippen LogP contribution < -0.4 is 0 Å². The van der Waals surface area contributed by atoms with Crippen molar-refractivity contribution in [1.29, 1.82) is 0 Å². The minimum Gasteiger partial charge on any atom is -0.463 e. The molecule has 83 heavy (non-hydrogen) atoms. The van der Waals surface area contributed by atoms with E-state index in [0.717, 1.165) is 57.5 Å². The fourth-order valence-electron chi connectivity index (χ4n) is 17.1. The van der Waals surface area contributed by atoms with Gasteiger partial charge in [-0.1, -0.05) is 36.4 Å². The Balaban J connectivity index is 0.837. The minimum atomic E-state index is -2.22. The SMILES string of the molecule is CC(=O)OC[C@@H]1OC2(OCCn3c4c5cc6c7c8c(cc9ccc%10cc%11c%12c%13c(cc(c3c%13c(c3c8c9c%10c%123)c74)CC5)C%11)C6)CCC1(O[C@@]13CCC(OC(C)=O)(C(OC(C)=O)[C@@H]1OC(C)=O)[C@H](COC(C)=O)O3)C(OC(C)=O)[C@@H]2OC(C)=O. The van der Waals surface area contributed by atoms with Crippen LogP contribution in [0.15, 0.2) is 36.4 Å². The van der Waals surface area contributed by atoms with Crippen molar-refractivity contribution < 1.29 is 85.7 Å². The number of aryl methyl sites for hydroxylation is 2. The number of carbonyl (C=O) groups excluding carboxylic acids is 7. The zero-order valence-corrected chi connectivity index (χ0v) is 46.7. The van der Waals surface area contributed by atoms with Crippen molar-refractivity contribution in [3.8, 4) is 0 Å². The van der Waals surface area contributed by atoms with Gasteiger partial charge in [-0.05, 0) is 126 Å². The van der Waals surface area contributed by atoms with Gasteiger partial charge in [0.2, 0.25) is 11.6 Å². The molecule has 426 valence electrons. The second-order valence-electron chi connectivity index (χ2n) is 24.2. The van der Waals surface area contributed by atoms with Crippen LogP contribution in [-0.2, 0) is 118 Å². The third-order valence-corrected chi connectivity index (χ3v) is 19.5. The maximum Gasteiger partial charge on any atom is 0.303 e. The molecular formula is C64H57NO18. The number of aromatic nitrogens is 1. The summed E-state index contributed by atoms with van der Waals surface area (Å²) in [6.45, 7) is 7.35. The van der Waals surface area contributed by atoms with Gasteiger partial charge in [0.05, 0.1) is 17.6 Å². The van der Waals surface area contributed by atoms with Crippen LogP contribution in [0.2, 0.25) is 0 Å². The minimum absolute atomic E-state index is 0.00536. The van der Waals surface area contributed by atoms with E-state index in [2.05, 4.69) is 41.0 Å². The van der Waals surface area contributed by atoms with Gasteiger partial charge in [-0.2, -0.15) is 0 Å². The molecule has 18 rings (SSSR count). The highest BCUT2D eigenvalue weighted by Crippen LogP contribution is 2.63. The topological polar surface area (TPSA) is 226 Å². The highest BCUT2D eigenvalue weighted by molar-refractivity contribution is 6.55. The van der Waals surface area contributed by atoms with Crippen LogP contribution in [0.25, 0.3) is 86.4 Å². The first kappa shape index (κ1) is 51.0. The summed E-state index contributed by atoms with van der Waals surface area (Å²) in [6.07, 6.45) is -6.60. The van der Waals surface area contributed by atoms with Gasteiger partial charge in [0.1, 0.15) is 31.0 Å². The van der Waals surface area contributed by atoms with Gasteiger partial charge in [-0.3, -0.25) is 33.6 Å². The number of hydrogen-bond donors (Lipinski definition) is 0. The fraction of sp³-hybridized carbons (Fsp3) is 0.453. The van der Waals surface area contributed by atoms with Gasteiger partial charge in [-0.25, -0.2) is 0 Å². The van der Waals surface area contributed by atoms with E-state index in [0.29, 0.717) is 6.54 Å². The van der Waals surface area contributed by atoms with E-state index in [4.69, 9.17) is 52.1 Å². The number of pyridine rings is 1. The first-order valence-corrected chi connectivity index (χ1v) is 28.6. The Kier molecular flexibility index (Phi) is 10.4. The Morgan fingerprint density at radius 3 is 1.40 bits per heavy atom. The molecule has 9 aliphatic rings. The molecule has 0 spiro atoms. The molecule has 6 fully saturated rings. The molecule has 4 aliphatic carbocycles. The summed E-state index contributed by atoms with van der Waals surface area (Å²) < 4.78 is 72.6. The molecule has 2 saturated carbocycles. The molecule has 6 bridgehead atoms. The Hall–Kier alpha value is -7.71. The fourth-order valence-corrected chi connectivity index (χ4v) is 17.1. The van der Waals surface area contributed by atoms with Crippen molar-refractivity contribution in [1.82, 2.24) is 4.57 Å². The highest BCUT2D eigenvalue weighted by atomic mass is 16.8. The number of nitrogens with zero attached hydrogens (tertiary/aromatic N) is 1. The second-order valence-corrected chi connectivity index (χ2v) is 24.2. The molecule has 6 heterocycles. The monoisotopic (exact) mass is 1130 g/mol. The van der Waals surface area contributed by atoms with E-state index in [9.17, 15) is 33.6 Å². The van der Waals surface area contributed by atoms with E-state index >= 15 is 0 Å². The maximum absolute atomic E-state index is 13.7. The van der Waals surface area contributed by atoms with Gasteiger partial charge in [-0.15, -0.1) is 0 Å². The van der Waals surface area contributed by atoms with Crippen LogP contribution in [0.4, 0.5) is 0 Å². The first-order valence-electron chi connectivity index (χ1n) is 28.6. The van der Waals surface area contributed by atoms with E-state index in [-0.39, 0.29) is 32.3 Å². The molecule has 4 saturated heterocycles. The number of fused-ring (bicyclic) bond motifs is 6. The highest BCUT2D eigenvalue weighted by Gasteiger charge is 2.78. The van der Waals surface area contributed by atoms with E-state index in [1.165, 1.54) is 136 Å². The van der Waals surface area contributed by atoms with Crippen molar-refractivity contribution in [2.24, 2.45) is 0 Å². The lowest BCUT2D eigenvalue weighted by atomic mass is 9.67. The predicted octanol–water partition coefficient (Wildman–Crippen LogP) is 8.08. The predicted molar refractivity (Wildman–Crippen MR) is 296 cm³/mol. The number of benzene rings is 7. The van der Waals surface area contributed by atoms with E-state index in [1.54, 1.807) is 0 Å². The molecule has 19 nitrogen and oxygen atoms in total. The average molecular weight is 1130 g/mol. The third-order valence-electron chi connectivity index (χ3n) is 19.5. The lowest BCUT2D eigenvalue weighted by Gasteiger charge is -2.66. The maximum atomic E-state index is 13.7. The van der Waals surface area contributed by atoms with Crippen LogP contribution in [0.1, 0.15) is 108 Å². The Labute approximate surface area is 472 Å². The van der Waals surface area contributed by atoms with Crippen molar-refractivity contribution in [3.63, 3.8) is 0 Å². The number of ether oxygens (including phenoxy) is 11. The van der Waals surface area contributed by atoms with E-state index < -0.39 is 114 Å². The van der Waals surface area contributed by atoms with Crippen LogP contribution in [0.5, 0.6) is 0 Å². The van der Waals surface area contributed by atoms with Gasteiger partial charge in [0.15, 0.2) is 30.0 Å². The summed E-state index contributed by atoms with van der Waals surface area (Å²) >= 11 is 0. The molecular weight excluding hydrogens is 1070 g/mol. The van der Waals surface area contributed by atoms with Crippen molar-refractivity contribution in [3.05, 3.63) is 69.8 Å². The largest absolute Gasteiger partial charge is 0.463 e. The molecule has 1 aromatic heterocycles. The number of esters is 7. The van der Waals surface area contributed by atoms with Crippen LogP contribution in [0, 0.1) is 0 Å². The molecule has 10 atom stereocenters. The first-order chi connectivity index (χ1) is 39.7. The average Bonchev–Trinajstić information content (AvgIpc) is 1.54. The van der Waals surface area contributed by atoms with Crippen molar-refractivity contribution in [2.75, 3.05) is 19.8 Å².